The lowest BCUT2D eigenvalue weighted by Crippen LogP contribution is -2.18. The van der Waals surface area contributed by atoms with Gasteiger partial charge in [0.1, 0.15) is 0 Å². The number of benzene rings is 4. The summed E-state index contributed by atoms with van der Waals surface area (Å²) in [5, 5.41) is 0. The Morgan fingerprint density at radius 1 is 0.612 bits per heavy atom. The monoisotopic (exact) mass is 696 g/mol. The van der Waals surface area contributed by atoms with Gasteiger partial charge in [-0.25, -0.2) is 0 Å². The van der Waals surface area contributed by atoms with Gasteiger partial charge in [0.05, 0.1) is 0 Å². The number of thioether (sulfide) groups is 1. The van der Waals surface area contributed by atoms with E-state index in [2.05, 4.69) is 179 Å². The number of aryl methyl sites for hydroxylation is 1. The highest BCUT2D eigenvalue weighted by molar-refractivity contribution is 7.99. The highest BCUT2D eigenvalue weighted by atomic mass is 32.2. The molecule has 0 unspecified atom stereocenters. The minimum absolute atomic E-state index is 0.0245. The highest BCUT2D eigenvalue weighted by Gasteiger charge is 2.23. The molecule has 0 aliphatic heterocycles. The number of rotatable bonds is 10. The zero-order valence-electron chi connectivity index (χ0n) is 33.4. The average Bonchev–Trinajstić information content (AvgIpc) is 3.14. The summed E-state index contributed by atoms with van der Waals surface area (Å²) in [6, 6.07) is 36.1. The van der Waals surface area contributed by atoms with Crippen LogP contribution < -0.4 is 0 Å². The third-order valence-electron chi connectivity index (χ3n) is 8.19. The predicted octanol–water partition coefficient (Wildman–Crippen LogP) is 16.0. The zero-order valence-corrected chi connectivity index (χ0v) is 35.0. The normalized spacial score (nSPS) is 10.9. The van der Waals surface area contributed by atoms with Crippen LogP contribution in [0.4, 0.5) is 0 Å². The summed E-state index contributed by atoms with van der Waals surface area (Å²) in [6.45, 7) is 34.1. The van der Waals surface area contributed by atoms with Gasteiger partial charge in [0.2, 0.25) is 0 Å². The summed E-state index contributed by atoms with van der Waals surface area (Å²) in [7, 11) is 0. The van der Waals surface area contributed by atoms with Crippen LogP contribution in [0.3, 0.4) is 0 Å². The van der Waals surface area contributed by atoms with E-state index in [1.807, 2.05) is 51.2 Å². The van der Waals surface area contributed by atoms with Crippen LogP contribution in [0.2, 0.25) is 0 Å². The van der Waals surface area contributed by atoms with Crippen LogP contribution in [0.15, 0.2) is 137 Å². The van der Waals surface area contributed by atoms with Crippen LogP contribution in [-0.2, 0) is 17.6 Å². The largest absolute Gasteiger partial charge is 0.121 e. The van der Waals surface area contributed by atoms with E-state index in [4.69, 9.17) is 0 Å². The molecule has 0 heterocycles. The smallest absolute Gasteiger partial charge is 0.0231 e. The third kappa shape index (κ3) is 17.5. The molecule has 0 aliphatic rings. The molecule has 0 aromatic heterocycles. The molecule has 0 fully saturated rings. The fraction of sp³-hybridized carbons (Fsp3) is 0.404. The molecule has 0 aliphatic carbocycles. The van der Waals surface area contributed by atoms with Gasteiger partial charge in [0, 0.05) is 25.9 Å². The topological polar surface area (TPSA) is 0 Å². The number of hydrogen-bond donors (Lipinski definition) is 0. The van der Waals surface area contributed by atoms with E-state index in [9.17, 15) is 0 Å². The summed E-state index contributed by atoms with van der Waals surface area (Å²) in [6.07, 6.45) is 5.69. The molecule has 0 radical (unpaired) electrons. The predicted molar refractivity (Wildman–Crippen MR) is 228 cm³/mol. The second-order valence-electron chi connectivity index (χ2n) is 13.1. The molecule has 4 aromatic rings. The number of hydrogen-bond acceptors (Lipinski definition) is 2. The Kier molecular flexibility index (Phi) is 23.6. The summed E-state index contributed by atoms with van der Waals surface area (Å²) in [5.41, 5.74) is 8.78. The Hall–Kier alpha value is -2.94. The van der Waals surface area contributed by atoms with Crippen LogP contribution in [0.1, 0.15) is 124 Å². The first-order valence-electron chi connectivity index (χ1n) is 18.2. The zero-order chi connectivity index (χ0) is 37.5. The second kappa shape index (κ2) is 25.1. The van der Waals surface area contributed by atoms with Gasteiger partial charge < -0.3 is 0 Å². The molecule has 0 atom stereocenters. The lowest BCUT2D eigenvalue weighted by Gasteiger charge is -2.26. The first-order chi connectivity index (χ1) is 23.4. The van der Waals surface area contributed by atoms with Crippen molar-refractivity contribution in [3.8, 4) is 0 Å². The fourth-order valence-electron chi connectivity index (χ4n) is 4.43. The molecule has 0 saturated carbocycles. The minimum atomic E-state index is -0.0245. The Morgan fingerprint density at radius 2 is 1.00 bits per heavy atom. The molecule has 268 valence electrons. The quantitative estimate of drug-likeness (QED) is 0.120. The molecular formula is C47H68S2. The molecule has 4 rings (SSSR count). The molecule has 0 spiro atoms. The standard InChI is InChI=1S/C35H38S2.C6H14.2C2H6.C2H4/c1-6-27(7-2)24-28-10-14-30(15-11-28)35(4,5)31-16-12-29(13-17-31)25-36-32-20-22-34(23-21-32)37-33-18-8-26(3)9-19-33;1-5-6(2,3)4;3*1-2/h6,8-23H,7,24-25H2,1-5H3;5H2,1-4H3;2*1-2H3;1-2H2/b27-6+;;;;. The highest BCUT2D eigenvalue weighted by Crippen LogP contribution is 2.34. The van der Waals surface area contributed by atoms with Crippen molar-refractivity contribution in [3.05, 3.63) is 150 Å². The van der Waals surface area contributed by atoms with Crippen molar-refractivity contribution in [3.63, 3.8) is 0 Å². The molecule has 0 saturated heterocycles. The van der Waals surface area contributed by atoms with Gasteiger partial charge in [-0.05, 0) is 90.8 Å². The van der Waals surface area contributed by atoms with Gasteiger partial charge in [-0.2, -0.15) is 0 Å². The van der Waals surface area contributed by atoms with Crippen LogP contribution >= 0.6 is 23.5 Å². The summed E-state index contributed by atoms with van der Waals surface area (Å²) < 4.78 is 0. The molecule has 2 heteroatoms. The lowest BCUT2D eigenvalue weighted by atomic mass is 9.77. The van der Waals surface area contributed by atoms with Crippen LogP contribution in [0.25, 0.3) is 0 Å². The van der Waals surface area contributed by atoms with Gasteiger partial charge in [0.25, 0.3) is 0 Å². The van der Waals surface area contributed by atoms with E-state index in [0.717, 1.165) is 18.6 Å². The first kappa shape index (κ1) is 46.1. The van der Waals surface area contributed by atoms with Crippen LogP contribution in [0, 0.1) is 12.3 Å². The Balaban J connectivity index is 0.00000169. The van der Waals surface area contributed by atoms with Gasteiger partial charge in [-0.1, -0.05) is 172 Å². The Morgan fingerprint density at radius 3 is 1.39 bits per heavy atom. The summed E-state index contributed by atoms with van der Waals surface area (Å²) in [4.78, 5) is 3.87. The maximum atomic E-state index is 3.00. The second-order valence-corrected chi connectivity index (χ2v) is 15.3. The third-order valence-corrected chi connectivity index (χ3v) is 10.3. The van der Waals surface area contributed by atoms with E-state index in [0.29, 0.717) is 5.41 Å². The van der Waals surface area contributed by atoms with E-state index in [-0.39, 0.29) is 5.41 Å². The van der Waals surface area contributed by atoms with Crippen molar-refractivity contribution in [1.29, 1.82) is 0 Å². The molecule has 4 aromatic carbocycles. The minimum Gasteiger partial charge on any atom is -0.121 e. The lowest BCUT2D eigenvalue weighted by molar-refractivity contribution is 0.398. The maximum Gasteiger partial charge on any atom is 0.0231 e. The van der Waals surface area contributed by atoms with Crippen LogP contribution in [0.5, 0.6) is 0 Å². The van der Waals surface area contributed by atoms with Crippen molar-refractivity contribution in [2.24, 2.45) is 5.41 Å². The molecular weight excluding hydrogens is 629 g/mol. The van der Waals surface area contributed by atoms with Crippen molar-refractivity contribution in [2.75, 3.05) is 0 Å². The Labute approximate surface area is 312 Å². The summed E-state index contributed by atoms with van der Waals surface area (Å²) in [5.74, 6) is 0.977. The first-order valence-corrected chi connectivity index (χ1v) is 20.0. The molecule has 0 bridgehead atoms. The van der Waals surface area contributed by atoms with E-state index in [1.165, 1.54) is 54.5 Å². The summed E-state index contributed by atoms with van der Waals surface area (Å²) >= 11 is 3.71. The van der Waals surface area contributed by atoms with Gasteiger partial charge in [-0.15, -0.1) is 24.9 Å². The SMILES string of the molecule is C/C=C(\CC)Cc1ccc(C(C)(C)c2ccc(CSc3ccc(Sc4ccc(C)cc4)cc3)cc2)cc1.C=C.CC.CC.CCC(C)(C)C. The molecule has 0 N–H and O–H groups in total. The number of allylic oxidation sites excluding steroid dienone is 2. The fourth-order valence-corrected chi connectivity index (χ4v) is 6.10. The van der Waals surface area contributed by atoms with E-state index < -0.39 is 0 Å². The van der Waals surface area contributed by atoms with Crippen LogP contribution in [-0.4, -0.2) is 0 Å². The Bertz CT molecular complexity index is 1420. The maximum absolute atomic E-state index is 3.00. The van der Waals surface area contributed by atoms with E-state index in [1.54, 1.807) is 0 Å². The molecule has 0 amide bonds. The van der Waals surface area contributed by atoms with Gasteiger partial charge in [0.15, 0.2) is 0 Å². The van der Waals surface area contributed by atoms with Crippen molar-refractivity contribution >= 4 is 23.5 Å². The van der Waals surface area contributed by atoms with Gasteiger partial charge >= 0.3 is 0 Å². The van der Waals surface area contributed by atoms with Gasteiger partial charge in [-0.3, -0.25) is 0 Å². The van der Waals surface area contributed by atoms with Crippen molar-refractivity contribution < 1.29 is 0 Å². The van der Waals surface area contributed by atoms with E-state index >= 15 is 0 Å². The van der Waals surface area contributed by atoms with Crippen molar-refractivity contribution in [1.82, 2.24) is 0 Å². The van der Waals surface area contributed by atoms with Crippen molar-refractivity contribution in [2.45, 2.75) is 135 Å². The molecule has 49 heavy (non-hydrogen) atoms. The molecule has 0 nitrogen and oxygen atoms in total. The average molecular weight is 697 g/mol.